The largest absolute Gasteiger partial charge is 0.465 e. The molecule has 7 heteroatoms. The molecule has 0 unspecified atom stereocenters. The highest BCUT2D eigenvalue weighted by Crippen LogP contribution is 2.27. The summed E-state index contributed by atoms with van der Waals surface area (Å²) in [6, 6.07) is 3.55. The van der Waals surface area contributed by atoms with Crippen molar-refractivity contribution in [3.05, 3.63) is 24.3 Å². The van der Waals surface area contributed by atoms with Crippen molar-refractivity contribution in [3.8, 4) is 11.6 Å². The normalized spacial score (nSPS) is 16.1. The van der Waals surface area contributed by atoms with Crippen LogP contribution in [0.25, 0.3) is 11.6 Å². The molecular weight excluding hydrogens is 262 g/mol. The SMILES string of the molecule is CCOC(=O)CN1CC(c2nc(-c3ccco3)no2)C1. The van der Waals surface area contributed by atoms with Gasteiger partial charge < -0.3 is 13.7 Å². The van der Waals surface area contributed by atoms with E-state index in [-0.39, 0.29) is 11.9 Å². The first-order chi connectivity index (χ1) is 9.76. The first-order valence-electron chi connectivity index (χ1n) is 6.51. The number of esters is 1. The van der Waals surface area contributed by atoms with Crippen LogP contribution in [0.5, 0.6) is 0 Å². The molecule has 0 bridgehead atoms. The molecule has 1 aliphatic rings. The lowest BCUT2D eigenvalue weighted by atomic mass is 10.0. The number of nitrogens with zero attached hydrogens (tertiary/aromatic N) is 3. The second kappa shape index (κ2) is 5.46. The maximum absolute atomic E-state index is 11.3. The Morgan fingerprint density at radius 1 is 1.55 bits per heavy atom. The summed E-state index contributed by atoms with van der Waals surface area (Å²) in [5.41, 5.74) is 0. The van der Waals surface area contributed by atoms with E-state index in [0.29, 0.717) is 30.6 Å². The minimum absolute atomic E-state index is 0.167. The fourth-order valence-corrected chi connectivity index (χ4v) is 2.15. The molecule has 2 aromatic rings. The maximum atomic E-state index is 11.3. The van der Waals surface area contributed by atoms with Gasteiger partial charge in [0, 0.05) is 13.1 Å². The number of carbonyl (C=O) groups is 1. The van der Waals surface area contributed by atoms with Crippen molar-refractivity contribution in [3.63, 3.8) is 0 Å². The van der Waals surface area contributed by atoms with Crippen LogP contribution in [-0.2, 0) is 9.53 Å². The summed E-state index contributed by atoms with van der Waals surface area (Å²) in [7, 11) is 0. The fraction of sp³-hybridized carbons (Fsp3) is 0.462. The van der Waals surface area contributed by atoms with Gasteiger partial charge in [0.05, 0.1) is 25.3 Å². The Morgan fingerprint density at radius 2 is 2.40 bits per heavy atom. The Balaban J connectivity index is 1.54. The topological polar surface area (TPSA) is 81.6 Å². The van der Waals surface area contributed by atoms with Crippen LogP contribution in [0.1, 0.15) is 18.7 Å². The van der Waals surface area contributed by atoms with Crippen molar-refractivity contribution < 1.29 is 18.5 Å². The molecule has 106 valence electrons. The molecule has 1 fully saturated rings. The fourth-order valence-electron chi connectivity index (χ4n) is 2.15. The van der Waals surface area contributed by atoms with E-state index in [1.807, 2.05) is 4.90 Å². The number of aromatic nitrogens is 2. The number of hydrogen-bond acceptors (Lipinski definition) is 7. The molecule has 7 nitrogen and oxygen atoms in total. The molecular formula is C13H15N3O4. The van der Waals surface area contributed by atoms with E-state index in [1.165, 1.54) is 0 Å². The van der Waals surface area contributed by atoms with Crippen molar-refractivity contribution in [1.29, 1.82) is 0 Å². The van der Waals surface area contributed by atoms with Crippen LogP contribution in [0.15, 0.2) is 27.3 Å². The predicted octanol–water partition coefficient (Wildman–Crippen LogP) is 1.29. The summed E-state index contributed by atoms with van der Waals surface area (Å²) in [5.74, 6) is 1.58. The molecule has 0 N–H and O–H groups in total. The van der Waals surface area contributed by atoms with Crippen molar-refractivity contribution in [2.45, 2.75) is 12.8 Å². The van der Waals surface area contributed by atoms with E-state index in [2.05, 4.69) is 10.1 Å². The smallest absolute Gasteiger partial charge is 0.320 e. The van der Waals surface area contributed by atoms with E-state index in [1.54, 1.807) is 25.3 Å². The first kappa shape index (κ1) is 12.9. The molecule has 0 radical (unpaired) electrons. The summed E-state index contributed by atoms with van der Waals surface area (Å²) in [5, 5.41) is 3.89. The third-order valence-electron chi connectivity index (χ3n) is 3.15. The second-order valence-electron chi connectivity index (χ2n) is 4.63. The second-order valence-corrected chi connectivity index (χ2v) is 4.63. The zero-order chi connectivity index (χ0) is 13.9. The minimum atomic E-state index is -0.201. The van der Waals surface area contributed by atoms with Gasteiger partial charge in [-0.1, -0.05) is 5.16 Å². The van der Waals surface area contributed by atoms with Crippen molar-refractivity contribution in [1.82, 2.24) is 15.0 Å². The third kappa shape index (κ3) is 2.57. The molecule has 0 saturated carbocycles. The van der Waals surface area contributed by atoms with Crippen LogP contribution in [0.3, 0.4) is 0 Å². The van der Waals surface area contributed by atoms with Gasteiger partial charge in [0.2, 0.25) is 11.7 Å². The Kier molecular flexibility index (Phi) is 3.51. The molecule has 20 heavy (non-hydrogen) atoms. The van der Waals surface area contributed by atoms with Crippen LogP contribution in [-0.4, -0.2) is 47.3 Å². The number of likely N-dealkylation sites (tertiary alicyclic amines) is 1. The van der Waals surface area contributed by atoms with Crippen molar-refractivity contribution in [2.75, 3.05) is 26.2 Å². The number of furan rings is 1. The van der Waals surface area contributed by atoms with Gasteiger partial charge in [-0.05, 0) is 19.1 Å². The summed E-state index contributed by atoms with van der Waals surface area (Å²) in [4.78, 5) is 17.6. The quantitative estimate of drug-likeness (QED) is 0.761. The van der Waals surface area contributed by atoms with E-state index in [0.717, 1.165) is 13.1 Å². The number of carbonyl (C=O) groups excluding carboxylic acids is 1. The van der Waals surface area contributed by atoms with Gasteiger partial charge in [0.1, 0.15) is 0 Å². The Bertz CT molecular complexity index is 572. The molecule has 1 aliphatic heterocycles. The molecule has 1 saturated heterocycles. The Morgan fingerprint density at radius 3 is 3.10 bits per heavy atom. The lowest BCUT2D eigenvalue weighted by molar-refractivity contribution is -0.145. The lowest BCUT2D eigenvalue weighted by Gasteiger charge is -2.35. The zero-order valence-electron chi connectivity index (χ0n) is 11.1. The first-order valence-corrected chi connectivity index (χ1v) is 6.51. The van der Waals surface area contributed by atoms with Crippen LogP contribution in [0, 0.1) is 0 Å². The summed E-state index contributed by atoms with van der Waals surface area (Å²) in [6.07, 6.45) is 1.57. The van der Waals surface area contributed by atoms with E-state index < -0.39 is 0 Å². The van der Waals surface area contributed by atoms with Crippen molar-refractivity contribution in [2.24, 2.45) is 0 Å². The molecule has 0 aliphatic carbocycles. The van der Waals surface area contributed by atoms with Crippen LogP contribution >= 0.6 is 0 Å². The lowest BCUT2D eigenvalue weighted by Crippen LogP contribution is -2.47. The highest BCUT2D eigenvalue weighted by molar-refractivity contribution is 5.71. The number of rotatable bonds is 5. The van der Waals surface area contributed by atoms with E-state index in [9.17, 15) is 4.79 Å². The molecule has 2 aromatic heterocycles. The highest BCUT2D eigenvalue weighted by atomic mass is 16.5. The highest BCUT2D eigenvalue weighted by Gasteiger charge is 2.34. The van der Waals surface area contributed by atoms with E-state index >= 15 is 0 Å². The number of ether oxygens (including phenoxy) is 1. The van der Waals surface area contributed by atoms with Gasteiger partial charge >= 0.3 is 5.97 Å². The summed E-state index contributed by atoms with van der Waals surface area (Å²) in [6.45, 7) is 3.96. The molecule has 0 amide bonds. The monoisotopic (exact) mass is 277 g/mol. The van der Waals surface area contributed by atoms with Crippen LogP contribution in [0.4, 0.5) is 0 Å². The van der Waals surface area contributed by atoms with Gasteiger partial charge in [0.15, 0.2) is 5.76 Å². The molecule has 0 spiro atoms. The molecule has 3 rings (SSSR count). The summed E-state index contributed by atoms with van der Waals surface area (Å²) < 4.78 is 15.3. The van der Waals surface area contributed by atoms with Gasteiger partial charge in [0.25, 0.3) is 0 Å². The van der Waals surface area contributed by atoms with Gasteiger partial charge in [-0.3, -0.25) is 9.69 Å². The van der Waals surface area contributed by atoms with Gasteiger partial charge in [-0.2, -0.15) is 4.98 Å². The minimum Gasteiger partial charge on any atom is -0.465 e. The maximum Gasteiger partial charge on any atom is 0.320 e. The Labute approximate surface area is 115 Å². The van der Waals surface area contributed by atoms with Crippen LogP contribution in [0.2, 0.25) is 0 Å². The average Bonchev–Trinajstić information content (AvgIpc) is 3.03. The Hall–Kier alpha value is -2.15. The van der Waals surface area contributed by atoms with E-state index in [4.69, 9.17) is 13.7 Å². The molecule has 0 aromatic carbocycles. The average molecular weight is 277 g/mol. The standard InChI is InChI=1S/C13H15N3O4/c1-2-18-11(17)8-16-6-9(7-16)13-14-12(15-20-13)10-4-3-5-19-10/h3-5,9H,2,6-8H2,1H3. The molecule has 0 atom stereocenters. The zero-order valence-corrected chi connectivity index (χ0v) is 11.1. The van der Waals surface area contributed by atoms with Crippen LogP contribution < -0.4 is 0 Å². The third-order valence-corrected chi connectivity index (χ3v) is 3.15. The predicted molar refractivity (Wildman–Crippen MR) is 67.8 cm³/mol. The number of hydrogen-bond donors (Lipinski definition) is 0. The summed E-state index contributed by atoms with van der Waals surface area (Å²) >= 11 is 0. The van der Waals surface area contributed by atoms with Crippen molar-refractivity contribution >= 4 is 5.97 Å². The van der Waals surface area contributed by atoms with Gasteiger partial charge in [-0.15, -0.1) is 0 Å². The molecule has 3 heterocycles. The van der Waals surface area contributed by atoms with Gasteiger partial charge in [-0.25, -0.2) is 0 Å².